The van der Waals surface area contributed by atoms with Crippen molar-refractivity contribution in [3.05, 3.63) is 54.4 Å². The number of benzene rings is 1. The van der Waals surface area contributed by atoms with E-state index in [1.165, 1.54) is 26.1 Å². The van der Waals surface area contributed by atoms with E-state index in [-0.39, 0.29) is 11.9 Å². The number of pyridine rings is 1. The first-order chi connectivity index (χ1) is 13.2. The lowest BCUT2D eigenvalue weighted by Gasteiger charge is -2.30. The van der Waals surface area contributed by atoms with Crippen LogP contribution in [0.2, 0.25) is 0 Å². The minimum atomic E-state index is -0.0365. The number of thiophene rings is 1. The molecule has 27 heavy (non-hydrogen) atoms. The predicted molar refractivity (Wildman–Crippen MR) is 110 cm³/mol. The first-order valence-electron chi connectivity index (χ1n) is 9.55. The summed E-state index contributed by atoms with van der Waals surface area (Å²) in [5.74, 6) is 0.0229. The van der Waals surface area contributed by atoms with Gasteiger partial charge in [0.05, 0.1) is 12.5 Å². The van der Waals surface area contributed by atoms with E-state index in [0.29, 0.717) is 6.61 Å². The molecule has 3 heterocycles. The number of hydrogen-bond acceptors (Lipinski definition) is 5. The lowest BCUT2D eigenvalue weighted by Crippen LogP contribution is -2.36. The second kappa shape index (κ2) is 8.19. The molecule has 0 amide bonds. The third-order valence-electron chi connectivity index (χ3n) is 5.12. The van der Waals surface area contributed by atoms with Crippen molar-refractivity contribution in [1.29, 1.82) is 0 Å². The van der Waals surface area contributed by atoms with E-state index in [2.05, 4.69) is 46.3 Å². The van der Waals surface area contributed by atoms with Gasteiger partial charge in [0.2, 0.25) is 0 Å². The van der Waals surface area contributed by atoms with Crippen LogP contribution >= 0.6 is 11.3 Å². The van der Waals surface area contributed by atoms with Crippen LogP contribution in [0.3, 0.4) is 0 Å². The predicted octanol–water partition coefficient (Wildman–Crippen LogP) is 4.74. The summed E-state index contributed by atoms with van der Waals surface area (Å²) in [5, 5.41) is 1.28. The van der Waals surface area contributed by atoms with Crippen LogP contribution in [0, 0.1) is 5.92 Å². The number of carbonyl (C=O) groups excluding carboxylic acids is 1. The van der Waals surface area contributed by atoms with Crippen molar-refractivity contribution in [3.8, 4) is 10.4 Å². The normalized spacial score (nSPS) is 15.9. The third-order valence-corrected chi connectivity index (χ3v) is 6.28. The molecule has 5 heteroatoms. The van der Waals surface area contributed by atoms with Crippen LogP contribution in [0.25, 0.3) is 20.5 Å². The fraction of sp³-hybridized carbons (Fsp3) is 0.364. The standard InChI is InChI=1S/C22H24N2O2S/c1-2-26-22(25)17-7-9-24(10-8-17)15-16-11-19(14-23-13-16)21-12-18-5-3-4-6-20(18)27-21/h3-6,11-14,17H,2,7-10,15H2,1H3. The summed E-state index contributed by atoms with van der Waals surface area (Å²) in [5.41, 5.74) is 2.40. The molecule has 1 aliphatic rings. The fourth-order valence-electron chi connectivity index (χ4n) is 3.68. The molecule has 0 radical (unpaired) electrons. The Morgan fingerprint density at radius 2 is 2.04 bits per heavy atom. The summed E-state index contributed by atoms with van der Waals surface area (Å²) in [6, 6.07) is 13.0. The molecule has 4 nitrogen and oxygen atoms in total. The first-order valence-corrected chi connectivity index (χ1v) is 10.4. The van der Waals surface area contributed by atoms with Gasteiger partial charge in [-0.05, 0) is 62.0 Å². The van der Waals surface area contributed by atoms with Gasteiger partial charge in [0.1, 0.15) is 0 Å². The summed E-state index contributed by atoms with van der Waals surface area (Å²) >= 11 is 1.81. The monoisotopic (exact) mass is 380 g/mol. The molecule has 0 N–H and O–H groups in total. The van der Waals surface area contributed by atoms with Crippen LogP contribution < -0.4 is 0 Å². The van der Waals surface area contributed by atoms with Crippen molar-refractivity contribution in [1.82, 2.24) is 9.88 Å². The summed E-state index contributed by atoms with van der Waals surface area (Å²) in [7, 11) is 0. The molecular formula is C22H24N2O2S. The van der Waals surface area contributed by atoms with Crippen molar-refractivity contribution in [2.75, 3.05) is 19.7 Å². The zero-order chi connectivity index (χ0) is 18.6. The SMILES string of the molecule is CCOC(=O)C1CCN(Cc2cncc(-c3cc4ccccc4s3)c2)CC1. The van der Waals surface area contributed by atoms with Crippen LogP contribution in [0.15, 0.2) is 48.8 Å². The van der Waals surface area contributed by atoms with Gasteiger partial charge in [0, 0.05) is 34.1 Å². The molecule has 0 spiro atoms. The Bertz CT molecular complexity index is 896. The fourth-order valence-corrected chi connectivity index (χ4v) is 4.72. The van der Waals surface area contributed by atoms with E-state index < -0.39 is 0 Å². The Morgan fingerprint density at radius 3 is 2.81 bits per heavy atom. The van der Waals surface area contributed by atoms with E-state index in [0.717, 1.165) is 32.5 Å². The van der Waals surface area contributed by atoms with Crippen molar-refractivity contribution in [2.45, 2.75) is 26.3 Å². The highest BCUT2D eigenvalue weighted by atomic mass is 32.1. The maximum absolute atomic E-state index is 11.9. The minimum Gasteiger partial charge on any atom is -0.466 e. The Morgan fingerprint density at radius 1 is 1.22 bits per heavy atom. The van der Waals surface area contributed by atoms with Crippen LogP contribution in [0.5, 0.6) is 0 Å². The number of fused-ring (bicyclic) bond motifs is 1. The summed E-state index contributed by atoms with van der Waals surface area (Å²) in [6.07, 6.45) is 5.65. The van der Waals surface area contributed by atoms with Gasteiger partial charge < -0.3 is 4.74 Å². The highest BCUT2D eigenvalue weighted by molar-refractivity contribution is 7.22. The average molecular weight is 381 g/mol. The number of hydrogen-bond donors (Lipinski definition) is 0. The Balaban J connectivity index is 1.42. The van der Waals surface area contributed by atoms with Crippen molar-refractivity contribution >= 4 is 27.4 Å². The molecule has 1 fully saturated rings. The molecule has 0 saturated carbocycles. The number of piperidine rings is 1. The van der Waals surface area contributed by atoms with Crippen molar-refractivity contribution in [2.24, 2.45) is 5.92 Å². The molecule has 1 saturated heterocycles. The largest absolute Gasteiger partial charge is 0.466 e. The van der Waals surface area contributed by atoms with Gasteiger partial charge in [-0.25, -0.2) is 0 Å². The topological polar surface area (TPSA) is 42.4 Å². The van der Waals surface area contributed by atoms with E-state index in [9.17, 15) is 4.79 Å². The van der Waals surface area contributed by atoms with E-state index in [4.69, 9.17) is 4.74 Å². The van der Waals surface area contributed by atoms with Crippen LogP contribution in [0.1, 0.15) is 25.3 Å². The van der Waals surface area contributed by atoms with E-state index in [1.54, 1.807) is 0 Å². The average Bonchev–Trinajstić information content (AvgIpc) is 3.13. The molecule has 3 aromatic rings. The van der Waals surface area contributed by atoms with Crippen LogP contribution in [-0.4, -0.2) is 35.5 Å². The molecule has 0 aliphatic carbocycles. The van der Waals surface area contributed by atoms with Gasteiger partial charge in [-0.3, -0.25) is 14.7 Å². The smallest absolute Gasteiger partial charge is 0.309 e. The maximum atomic E-state index is 11.9. The zero-order valence-electron chi connectivity index (χ0n) is 15.6. The third kappa shape index (κ3) is 4.20. The molecule has 2 aromatic heterocycles. The Hall–Kier alpha value is -2.24. The molecule has 0 unspecified atom stereocenters. The minimum absolute atomic E-state index is 0.0365. The molecule has 4 rings (SSSR count). The van der Waals surface area contributed by atoms with Crippen molar-refractivity contribution in [3.63, 3.8) is 0 Å². The number of aromatic nitrogens is 1. The highest BCUT2D eigenvalue weighted by Gasteiger charge is 2.25. The molecule has 0 bridgehead atoms. The number of likely N-dealkylation sites (tertiary alicyclic amines) is 1. The molecule has 140 valence electrons. The quantitative estimate of drug-likeness (QED) is 0.600. The lowest BCUT2D eigenvalue weighted by atomic mass is 9.96. The molecule has 1 aromatic carbocycles. The van der Waals surface area contributed by atoms with Crippen LogP contribution in [0.4, 0.5) is 0 Å². The molecule has 1 aliphatic heterocycles. The number of nitrogens with zero attached hydrogens (tertiary/aromatic N) is 2. The van der Waals surface area contributed by atoms with Gasteiger partial charge in [-0.2, -0.15) is 0 Å². The van der Waals surface area contributed by atoms with Gasteiger partial charge in [-0.1, -0.05) is 18.2 Å². The summed E-state index contributed by atoms with van der Waals surface area (Å²) < 4.78 is 6.46. The Labute approximate surface area is 163 Å². The van der Waals surface area contributed by atoms with Gasteiger partial charge >= 0.3 is 5.97 Å². The molecule has 0 atom stereocenters. The number of rotatable bonds is 5. The van der Waals surface area contributed by atoms with Gasteiger partial charge in [0.15, 0.2) is 0 Å². The number of carbonyl (C=O) groups is 1. The second-order valence-corrected chi connectivity index (χ2v) is 8.12. The number of ether oxygens (including phenoxy) is 1. The van der Waals surface area contributed by atoms with Gasteiger partial charge in [0.25, 0.3) is 0 Å². The zero-order valence-corrected chi connectivity index (χ0v) is 16.4. The van der Waals surface area contributed by atoms with E-state index >= 15 is 0 Å². The lowest BCUT2D eigenvalue weighted by molar-refractivity contribution is -0.149. The van der Waals surface area contributed by atoms with Gasteiger partial charge in [-0.15, -0.1) is 11.3 Å². The first kappa shape index (κ1) is 18.1. The summed E-state index contributed by atoms with van der Waals surface area (Å²) in [6.45, 7) is 5.06. The second-order valence-electron chi connectivity index (χ2n) is 7.03. The van der Waals surface area contributed by atoms with E-state index in [1.807, 2.05) is 30.7 Å². The summed E-state index contributed by atoms with van der Waals surface area (Å²) in [4.78, 5) is 20.0. The maximum Gasteiger partial charge on any atom is 0.309 e. The van der Waals surface area contributed by atoms with Crippen LogP contribution in [-0.2, 0) is 16.1 Å². The van der Waals surface area contributed by atoms with Crippen molar-refractivity contribution < 1.29 is 9.53 Å². The molecular weight excluding hydrogens is 356 g/mol. The number of esters is 1. The Kier molecular flexibility index (Phi) is 5.50. The highest BCUT2D eigenvalue weighted by Crippen LogP contribution is 2.33.